The van der Waals surface area contributed by atoms with Gasteiger partial charge in [-0.05, 0) is 36.8 Å². The molecule has 7 nitrogen and oxygen atoms in total. The first-order valence-electron chi connectivity index (χ1n) is 8.44. The first-order chi connectivity index (χ1) is 11.7. The van der Waals surface area contributed by atoms with Crippen molar-refractivity contribution >= 4 is 11.9 Å². The molecule has 0 radical (unpaired) electrons. The van der Waals surface area contributed by atoms with Gasteiger partial charge in [-0.2, -0.15) is 0 Å². The number of furan rings is 1. The zero-order valence-electron chi connectivity index (χ0n) is 14.6. The van der Waals surface area contributed by atoms with E-state index in [2.05, 4.69) is 20.9 Å². The summed E-state index contributed by atoms with van der Waals surface area (Å²) in [5.41, 5.74) is 0.334. The standard InChI is InChI=1S/C17H28N4O3/c1-18-16(21-13-17(6-4-7-17)8-12-23-2)20-10-9-19-15(22)14-5-3-11-24-14/h3,5,11H,4,6-10,12-13H2,1-2H3,(H,19,22)(H2,18,20,21). The van der Waals surface area contributed by atoms with E-state index in [0.717, 1.165) is 25.5 Å². The van der Waals surface area contributed by atoms with E-state index in [0.29, 0.717) is 24.3 Å². The molecule has 1 aromatic rings. The Hall–Kier alpha value is -2.02. The van der Waals surface area contributed by atoms with Crippen LogP contribution in [-0.2, 0) is 4.74 Å². The lowest BCUT2D eigenvalue weighted by Gasteiger charge is -2.42. The largest absolute Gasteiger partial charge is 0.459 e. The summed E-state index contributed by atoms with van der Waals surface area (Å²) in [6.07, 6.45) is 6.32. The van der Waals surface area contributed by atoms with Crippen molar-refractivity contribution in [2.45, 2.75) is 25.7 Å². The molecular weight excluding hydrogens is 308 g/mol. The summed E-state index contributed by atoms with van der Waals surface area (Å²) in [6.45, 7) is 2.79. The van der Waals surface area contributed by atoms with Gasteiger partial charge < -0.3 is 25.1 Å². The summed E-state index contributed by atoms with van der Waals surface area (Å²) in [6, 6.07) is 3.33. The number of nitrogens with one attached hydrogen (secondary N) is 3. The minimum Gasteiger partial charge on any atom is -0.459 e. The molecule has 24 heavy (non-hydrogen) atoms. The first kappa shape index (κ1) is 18.3. The van der Waals surface area contributed by atoms with Gasteiger partial charge in [-0.15, -0.1) is 0 Å². The van der Waals surface area contributed by atoms with E-state index in [1.165, 1.54) is 25.5 Å². The fourth-order valence-electron chi connectivity index (χ4n) is 2.85. The number of rotatable bonds is 9. The molecule has 1 aliphatic rings. The fourth-order valence-corrected chi connectivity index (χ4v) is 2.85. The molecule has 0 unspecified atom stereocenters. The van der Waals surface area contributed by atoms with Gasteiger partial charge in [-0.1, -0.05) is 6.42 Å². The number of nitrogens with zero attached hydrogens (tertiary/aromatic N) is 1. The van der Waals surface area contributed by atoms with E-state index >= 15 is 0 Å². The summed E-state index contributed by atoms with van der Waals surface area (Å²) in [7, 11) is 3.50. The Balaban J connectivity index is 1.64. The van der Waals surface area contributed by atoms with Crippen molar-refractivity contribution in [2.75, 3.05) is 40.4 Å². The summed E-state index contributed by atoms with van der Waals surface area (Å²) >= 11 is 0. The molecule has 0 bridgehead atoms. The van der Waals surface area contributed by atoms with Crippen LogP contribution in [0.15, 0.2) is 27.8 Å². The molecule has 7 heteroatoms. The monoisotopic (exact) mass is 336 g/mol. The van der Waals surface area contributed by atoms with Crippen molar-refractivity contribution < 1.29 is 13.9 Å². The van der Waals surface area contributed by atoms with Gasteiger partial charge in [0.1, 0.15) is 0 Å². The molecular formula is C17H28N4O3. The molecule has 0 saturated heterocycles. The van der Waals surface area contributed by atoms with E-state index in [-0.39, 0.29) is 5.91 Å². The van der Waals surface area contributed by atoms with Crippen LogP contribution in [0.2, 0.25) is 0 Å². The van der Waals surface area contributed by atoms with Gasteiger partial charge in [0.05, 0.1) is 6.26 Å². The topological polar surface area (TPSA) is 87.9 Å². The van der Waals surface area contributed by atoms with Gasteiger partial charge in [0.25, 0.3) is 5.91 Å². The summed E-state index contributed by atoms with van der Waals surface area (Å²) in [5, 5.41) is 9.39. The number of hydrogen-bond acceptors (Lipinski definition) is 4. The number of carbonyl (C=O) groups excluding carboxylic acids is 1. The lowest BCUT2D eigenvalue weighted by Crippen LogP contribution is -2.48. The number of ether oxygens (including phenoxy) is 1. The third kappa shape index (κ3) is 5.26. The molecule has 0 spiro atoms. The average Bonchev–Trinajstić information content (AvgIpc) is 3.09. The number of hydrogen-bond donors (Lipinski definition) is 3. The molecule has 1 aromatic heterocycles. The smallest absolute Gasteiger partial charge is 0.287 e. The fraction of sp³-hybridized carbons (Fsp3) is 0.647. The highest BCUT2D eigenvalue weighted by Gasteiger charge is 2.36. The third-order valence-corrected chi connectivity index (χ3v) is 4.55. The van der Waals surface area contributed by atoms with Crippen LogP contribution in [0, 0.1) is 5.41 Å². The van der Waals surface area contributed by atoms with E-state index < -0.39 is 0 Å². The number of aliphatic imine (C=N–C) groups is 1. The predicted octanol–water partition coefficient (Wildman–Crippen LogP) is 1.38. The Morgan fingerprint density at radius 2 is 2.12 bits per heavy atom. The molecule has 0 aliphatic heterocycles. The highest BCUT2D eigenvalue weighted by Crippen LogP contribution is 2.43. The van der Waals surface area contributed by atoms with Crippen molar-refractivity contribution in [3.05, 3.63) is 24.2 Å². The normalized spacial score (nSPS) is 16.3. The Morgan fingerprint density at radius 3 is 2.71 bits per heavy atom. The molecule has 134 valence electrons. The Labute approximate surface area is 143 Å². The van der Waals surface area contributed by atoms with Crippen LogP contribution >= 0.6 is 0 Å². The minimum absolute atomic E-state index is 0.210. The summed E-state index contributed by atoms with van der Waals surface area (Å²) in [4.78, 5) is 16.0. The minimum atomic E-state index is -0.210. The van der Waals surface area contributed by atoms with Crippen LogP contribution in [0.5, 0.6) is 0 Å². The van der Waals surface area contributed by atoms with Gasteiger partial charge in [-0.3, -0.25) is 9.79 Å². The second-order valence-corrected chi connectivity index (χ2v) is 6.18. The molecule has 1 fully saturated rings. The highest BCUT2D eigenvalue weighted by atomic mass is 16.5. The molecule has 0 aromatic carbocycles. The van der Waals surface area contributed by atoms with Crippen molar-refractivity contribution in [3.8, 4) is 0 Å². The van der Waals surface area contributed by atoms with Crippen LogP contribution in [0.25, 0.3) is 0 Å². The quantitative estimate of drug-likeness (QED) is 0.360. The van der Waals surface area contributed by atoms with Crippen LogP contribution in [-0.4, -0.2) is 52.3 Å². The van der Waals surface area contributed by atoms with Gasteiger partial charge >= 0.3 is 0 Å². The summed E-state index contributed by atoms with van der Waals surface area (Å²) < 4.78 is 10.3. The number of methoxy groups -OCH3 is 1. The number of amides is 1. The van der Waals surface area contributed by atoms with E-state index in [9.17, 15) is 4.79 Å². The zero-order valence-corrected chi connectivity index (χ0v) is 14.6. The number of guanidine groups is 1. The van der Waals surface area contributed by atoms with Crippen molar-refractivity contribution in [1.29, 1.82) is 0 Å². The Kier molecular flexibility index (Phi) is 7.11. The van der Waals surface area contributed by atoms with Gasteiger partial charge in [-0.25, -0.2) is 0 Å². The molecule has 0 atom stereocenters. The molecule has 3 N–H and O–H groups in total. The zero-order chi connectivity index (χ0) is 17.3. The molecule has 2 rings (SSSR count). The molecule has 1 saturated carbocycles. The highest BCUT2D eigenvalue weighted by molar-refractivity contribution is 5.91. The second kappa shape index (κ2) is 9.32. The lowest BCUT2D eigenvalue weighted by molar-refractivity contribution is 0.0732. The van der Waals surface area contributed by atoms with Crippen molar-refractivity contribution in [2.24, 2.45) is 10.4 Å². The first-order valence-corrected chi connectivity index (χ1v) is 8.44. The van der Waals surface area contributed by atoms with Crippen LogP contribution in [0.3, 0.4) is 0 Å². The predicted molar refractivity (Wildman–Crippen MR) is 93.2 cm³/mol. The average molecular weight is 336 g/mol. The van der Waals surface area contributed by atoms with Crippen molar-refractivity contribution in [1.82, 2.24) is 16.0 Å². The van der Waals surface area contributed by atoms with E-state index in [1.54, 1.807) is 26.3 Å². The van der Waals surface area contributed by atoms with E-state index in [4.69, 9.17) is 9.15 Å². The van der Waals surface area contributed by atoms with Crippen molar-refractivity contribution in [3.63, 3.8) is 0 Å². The Bertz CT molecular complexity index is 524. The molecule has 1 amide bonds. The van der Waals surface area contributed by atoms with Gasteiger partial charge in [0.2, 0.25) is 0 Å². The van der Waals surface area contributed by atoms with Gasteiger partial charge in [0, 0.05) is 40.4 Å². The van der Waals surface area contributed by atoms with Crippen LogP contribution in [0.4, 0.5) is 0 Å². The van der Waals surface area contributed by atoms with E-state index in [1.807, 2.05) is 0 Å². The molecule has 1 heterocycles. The maximum absolute atomic E-state index is 11.7. The van der Waals surface area contributed by atoms with Crippen LogP contribution < -0.4 is 16.0 Å². The second-order valence-electron chi connectivity index (χ2n) is 6.18. The number of carbonyl (C=O) groups is 1. The Morgan fingerprint density at radius 1 is 1.33 bits per heavy atom. The maximum Gasteiger partial charge on any atom is 0.287 e. The lowest BCUT2D eigenvalue weighted by atomic mass is 9.67. The summed E-state index contributed by atoms with van der Waals surface area (Å²) in [5.74, 6) is 0.867. The SMILES string of the molecule is CN=C(NCCNC(=O)c1ccco1)NCC1(CCOC)CCC1. The van der Waals surface area contributed by atoms with Crippen LogP contribution in [0.1, 0.15) is 36.2 Å². The molecule has 1 aliphatic carbocycles. The maximum atomic E-state index is 11.7. The van der Waals surface area contributed by atoms with Gasteiger partial charge in [0.15, 0.2) is 11.7 Å². The third-order valence-electron chi connectivity index (χ3n) is 4.55.